The van der Waals surface area contributed by atoms with Gasteiger partial charge in [-0.15, -0.1) is 0 Å². The molecule has 2 aliphatic carbocycles. The van der Waals surface area contributed by atoms with E-state index in [0.717, 1.165) is 36.1 Å². The van der Waals surface area contributed by atoms with Gasteiger partial charge in [0.1, 0.15) is 17.8 Å². The van der Waals surface area contributed by atoms with Gasteiger partial charge in [0, 0.05) is 12.2 Å². The molecular formula is C21H25N5O3S. The zero-order valence-corrected chi connectivity index (χ0v) is 17.5. The molecular weight excluding hydrogens is 402 g/mol. The molecule has 3 aromatic rings. The number of fused-ring (bicyclic) bond motifs is 2. The van der Waals surface area contributed by atoms with Crippen LogP contribution >= 0.6 is 0 Å². The molecule has 0 unspecified atom stereocenters. The molecule has 5 rings (SSSR count). The number of nitrogens with two attached hydrogens (primary N) is 1. The summed E-state index contributed by atoms with van der Waals surface area (Å²) in [6.07, 6.45) is 6.64. The summed E-state index contributed by atoms with van der Waals surface area (Å²) < 4.78 is 29.9. The van der Waals surface area contributed by atoms with Gasteiger partial charge >= 0.3 is 10.3 Å². The highest BCUT2D eigenvalue weighted by Gasteiger charge is 2.36. The summed E-state index contributed by atoms with van der Waals surface area (Å²) >= 11 is 0. The maximum absolute atomic E-state index is 11.4. The standard InChI is InChI=1S/C21H25N5O3S/c1-13-10-15(11-19(13)29-30(22,27)28)26-9-8-17-20(23-12-24-21(17)26)25-18-7-6-14-4-2-3-5-16(14)18/h2-5,8-9,12-13,15,18-19H,6-7,10-11H2,1H3,(H2,22,27,28)(H,23,24,25)/t13-,15-,18+,19+/m1/s1. The Hall–Kier alpha value is -2.49. The van der Waals surface area contributed by atoms with Crippen molar-refractivity contribution in [3.63, 3.8) is 0 Å². The van der Waals surface area contributed by atoms with Crippen LogP contribution in [0.4, 0.5) is 5.82 Å². The van der Waals surface area contributed by atoms with E-state index in [9.17, 15) is 8.42 Å². The molecule has 1 aromatic carbocycles. The Morgan fingerprint density at radius 1 is 1.20 bits per heavy atom. The van der Waals surface area contributed by atoms with Crippen LogP contribution in [0.5, 0.6) is 0 Å². The molecule has 0 spiro atoms. The molecule has 0 amide bonds. The van der Waals surface area contributed by atoms with E-state index in [2.05, 4.69) is 44.1 Å². The van der Waals surface area contributed by atoms with Gasteiger partial charge in [-0.25, -0.2) is 15.1 Å². The molecule has 0 aliphatic heterocycles. The number of benzene rings is 1. The van der Waals surface area contributed by atoms with E-state index >= 15 is 0 Å². The topological polar surface area (TPSA) is 112 Å². The average Bonchev–Trinajstić information content (AvgIpc) is 3.39. The third kappa shape index (κ3) is 3.57. The predicted octanol–water partition coefficient (Wildman–Crippen LogP) is 3.09. The number of aromatic nitrogens is 3. The SMILES string of the molecule is C[C@@H]1C[C@@H](n2ccc3c(N[C@H]4CCc5ccccc54)ncnc32)C[C@@H]1OS(N)(=O)=O. The fourth-order valence-electron chi connectivity index (χ4n) is 4.96. The van der Waals surface area contributed by atoms with Crippen molar-refractivity contribution in [3.05, 3.63) is 54.0 Å². The lowest BCUT2D eigenvalue weighted by molar-refractivity contribution is 0.173. The van der Waals surface area contributed by atoms with Crippen LogP contribution in [0.1, 0.15) is 49.4 Å². The van der Waals surface area contributed by atoms with E-state index in [-0.39, 0.29) is 18.0 Å². The molecule has 9 heteroatoms. The van der Waals surface area contributed by atoms with E-state index in [1.165, 1.54) is 11.1 Å². The van der Waals surface area contributed by atoms with Crippen LogP contribution in [0.25, 0.3) is 11.0 Å². The van der Waals surface area contributed by atoms with Gasteiger partial charge in [0.2, 0.25) is 0 Å². The van der Waals surface area contributed by atoms with E-state index in [1.807, 2.05) is 19.2 Å². The summed E-state index contributed by atoms with van der Waals surface area (Å²) in [5, 5.41) is 9.65. The van der Waals surface area contributed by atoms with Crippen LogP contribution in [-0.4, -0.2) is 29.1 Å². The molecule has 8 nitrogen and oxygen atoms in total. The van der Waals surface area contributed by atoms with E-state index in [4.69, 9.17) is 9.32 Å². The second-order valence-electron chi connectivity index (χ2n) is 8.35. The Labute approximate surface area is 175 Å². The zero-order valence-electron chi connectivity index (χ0n) is 16.7. The van der Waals surface area contributed by atoms with Crippen molar-refractivity contribution in [1.82, 2.24) is 14.5 Å². The maximum atomic E-state index is 11.4. The van der Waals surface area contributed by atoms with Gasteiger partial charge in [0.25, 0.3) is 0 Å². The highest BCUT2D eigenvalue weighted by Crippen LogP contribution is 2.40. The normalized spacial score (nSPS) is 26.2. The summed E-state index contributed by atoms with van der Waals surface area (Å²) in [6, 6.07) is 10.9. The third-order valence-corrected chi connectivity index (χ3v) is 6.90. The van der Waals surface area contributed by atoms with E-state index in [0.29, 0.717) is 6.42 Å². The summed E-state index contributed by atoms with van der Waals surface area (Å²) in [4.78, 5) is 9.02. The number of nitrogens with one attached hydrogen (secondary N) is 1. The van der Waals surface area contributed by atoms with Crippen LogP contribution in [0.2, 0.25) is 0 Å². The lowest BCUT2D eigenvalue weighted by Gasteiger charge is -2.16. The molecule has 0 bridgehead atoms. The van der Waals surface area contributed by atoms with Gasteiger partial charge in [-0.2, -0.15) is 8.42 Å². The molecule has 1 saturated carbocycles. The van der Waals surface area contributed by atoms with Gasteiger partial charge in [0.05, 0.1) is 17.5 Å². The van der Waals surface area contributed by atoms with Gasteiger partial charge in [-0.1, -0.05) is 31.2 Å². The Morgan fingerprint density at radius 2 is 2.03 bits per heavy atom. The smallest absolute Gasteiger partial charge is 0.333 e. The van der Waals surface area contributed by atoms with Gasteiger partial charge in [-0.3, -0.25) is 4.18 Å². The largest absolute Gasteiger partial charge is 0.363 e. The van der Waals surface area contributed by atoms with Crippen LogP contribution in [-0.2, 0) is 20.9 Å². The number of aryl methyl sites for hydroxylation is 1. The number of rotatable bonds is 5. The monoisotopic (exact) mass is 427 g/mol. The minimum atomic E-state index is -3.96. The van der Waals surface area contributed by atoms with Gasteiger partial charge < -0.3 is 9.88 Å². The van der Waals surface area contributed by atoms with Crippen molar-refractivity contribution in [2.75, 3.05) is 5.32 Å². The Kier molecular flexibility index (Phi) is 4.76. The van der Waals surface area contributed by atoms with Crippen molar-refractivity contribution in [3.8, 4) is 0 Å². The van der Waals surface area contributed by atoms with Crippen LogP contribution < -0.4 is 10.5 Å². The van der Waals surface area contributed by atoms with Crippen molar-refractivity contribution >= 4 is 27.2 Å². The van der Waals surface area contributed by atoms with E-state index in [1.54, 1.807) is 6.33 Å². The second-order valence-corrected chi connectivity index (χ2v) is 9.53. The Bertz CT molecular complexity index is 1190. The first-order valence-corrected chi connectivity index (χ1v) is 11.7. The lowest BCUT2D eigenvalue weighted by atomic mass is 10.1. The molecule has 2 heterocycles. The molecule has 30 heavy (non-hydrogen) atoms. The van der Waals surface area contributed by atoms with Crippen molar-refractivity contribution in [1.29, 1.82) is 0 Å². The summed E-state index contributed by atoms with van der Waals surface area (Å²) in [5.41, 5.74) is 3.56. The fourth-order valence-corrected chi connectivity index (χ4v) is 5.58. The van der Waals surface area contributed by atoms with Crippen molar-refractivity contribution in [2.24, 2.45) is 11.1 Å². The average molecular weight is 428 g/mol. The number of anilines is 1. The Morgan fingerprint density at radius 3 is 2.87 bits per heavy atom. The van der Waals surface area contributed by atoms with Gasteiger partial charge in [-0.05, 0) is 48.8 Å². The fraction of sp³-hybridized carbons (Fsp3) is 0.429. The number of hydrogen-bond acceptors (Lipinski definition) is 6. The first-order chi connectivity index (χ1) is 14.4. The first kappa shape index (κ1) is 19.5. The molecule has 0 radical (unpaired) electrons. The van der Waals surface area contributed by atoms with Crippen LogP contribution in [0.3, 0.4) is 0 Å². The highest BCUT2D eigenvalue weighted by atomic mass is 32.2. The quantitative estimate of drug-likeness (QED) is 0.647. The first-order valence-electron chi connectivity index (χ1n) is 10.3. The van der Waals surface area contributed by atoms with E-state index < -0.39 is 16.4 Å². The Balaban J connectivity index is 1.41. The zero-order chi connectivity index (χ0) is 20.9. The minimum Gasteiger partial charge on any atom is -0.363 e. The van der Waals surface area contributed by atoms with Gasteiger partial charge in [0.15, 0.2) is 0 Å². The summed E-state index contributed by atoms with van der Waals surface area (Å²) in [5.74, 6) is 0.907. The third-order valence-electron chi connectivity index (χ3n) is 6.39. The van der Waals surface area contributed by atoms with Crippen LogP contribution in [0.15, 0.2) is 42.9 Å². The number of nitrogens with zero attached hydrogens (tertiary/aromatic N) is 3. The van der Waals surface area contributed by atoms with Crippen molar-refractivity contribution in [2.45, 2.75) is 50.8 Å². The summed E-state index contributed by atoms with van der Waals surface area (Å²) in [7, 11) is -3.96. The van der Waals surface area contributed by atoms with Crippen LogP contribution in [0, 0.1) is 5.92 Å². The summed E-state index contributed by atoms with van der Waals surface area (Å²) in [6.45, 7) is 1.99. The molecule has 2 aromatic heterocycles. The molecule has 4 atom stereocenters. The van der Waals surface area contributed by atoms with Crippen molar-refractivity contribution < 1.29 is 12.6 Å². The molecule has 1 fully saturated rings. The maximum Gasteiger partial charge on any atom is 0.333 e. The minimum absolute atomic E-state index is 0.0835. The molecule has 3 N–H and O–H groups in total. The second kappa shape index (κ2) is 7.33. The molecule has 0 saturated heterocycles. The predicted molar refractivity (Wildman–Crippen MR) is 114 cm³/mol. The molecule has 158 valence electrons. The number of hydrogen-bond donors (Lipinski definition) is 2. The highest BCUT2D eigenvalue weighted by molar-refractivity contribution is 7.84. The lowest BCUT2D eigenvalue weighted by Crippen LogP contribution is -2.25. The molecule has 2 aliphatic rings.